The van der Waals surface area contributed by atoms with Crippen LogP contribution in [0.25, 0.3) is 11.0 Å². The highest BCUT2D eigenvalue weighted by Crippen LogP contribution is 2.17. The molecule has 1 amide bonds. The van der Waals surface area contributed by atoms with E-state index in [1.165, 1.54) is 0 Å². The standard InChI is InChI=1S/C18H28N4O.2ClH/c1-12(2)10-18(4,11-19)22-16(23)9-8-15-20-14-7-5-6-13(3)17(14)21-15;;/h5-7,12H,8-11,19H2,1-4H3,(H,20,21)(H,22,23);2*1H. The molecule has 25 heavy (non-hydrogen) atoms. The monoisotopic (exact) mass is 388 g/mol. The van der Waals surface area contributed by atoms with Gasteiger partial charge in [0.1, 0.15) is 5.82 Å². The zero-order valence-corrected chi connectivity index (χ0v) is 17.0. The average molecular weight is 389 g/mol. The van der Waals surface area contributed by atoms with Crippen molar-refractivity contribution in [2.45, 2.75) is 52.5 Å². The average Bonchev–Trinajstić information content (AvgIpc) is 2.89. The van der Waals surface area contributed by atoms with Gasteiger partial charge in [-0.3, -0.25) is 4.79 Å². The van der Waals surface area contributed by atoms with Crippen molar-refractivity contribution in [1.29, 1.82) is 0 Å². The van der Waals surface area contributed by atoms with Crippen molar-refractivity contribution in [1.82, 2.24) is 15.3 Å². The zero-order valence-electron chi connectivity index (χ0n) is 15.4. The lowest BCUT2D eigenvalue weighted by Gasteiger charge is -2.31. The van der Waals surface area contributed by atoms with E-state index in [9.17, 15) is 4.79 Å². The molecule has 0 bridgehead atoms. The molecule has 0 saturated carbocycles. The van der Waals surface area contributed by atoms with E-state index < -0.39 is 0 Å². The van der Waals surface area contributed by atoms with Gasteiger partial charge in [-0.25, -0.2) is 4.98 Å². The molecule has 0 saturated heterocycles. The SMILES string of the molecule is Cc1cccc2[nH]c(CCC(=O)NC(C)(CN)CC(C)C)nc12.Cl.Cl. The zero-order chi connectivity index (χ0) is 17.0. The molecule has 2 aromatic rings. The number of aromatic nitrogens is 2. The van der Waals surface area contributed by atoms with Crippen LogP contribution in [0.15, 0.2) is 18.2 Å². The number of fused-ring (bicyclic) bond motifs is 1. The number of carbonyl (C=O) groups is 1. The van der Waals surface area contributed by atoms with Crippen LogP contribution in [-0.4, -0.2) is 28.0 Å². The number of carbonyl (C=O) groups excluding carboxylic acids is 1. The second-order valence-electron chi connectivity index (χ2n) is 7.07. The number of imidazole rings is 1. The molecule has 2 rings (SSSR count). The van der Waals surface area contributed by atoms with E-state index in [0.717, 1.165) is 28.8 Å². The summed E-state index contributed by atoms with van der Waals surface area (Å²) in [4.78, 5) is 20.1. The molecule has 4 N–H and O–H groups in total. The lowest BCUT2D eigenvalue weighted by molar-refractivity contribution is -0.122. The third-order valence-electron chi connectivity index (χ3n) is 4.10. The van der Waals surface area contributed by atoms with Crippen molar-refractivity contribution in [3.8, 4) is 0 Å². The summed E-state index contributed by atoms with van der Waals surface area (Å²) in [5.74, 6) is 1.36. The fraction of sp³-hybridized carbons (Fsp3) is 0.556. The van der Waals surface area contributed by atoms with Gasteiger partial charge in [0.2, 0.25) is 5.91 Å². The molecule has 0 aliphatic carbocycles. The van der Waals surface area contributed by atoms with Crippen LogP contribution in [0.2, 0.25) is 0 Å². The lowest BCUT2D eigenvalue weighted by Crippen LogP contribution is -2.52. The number of nitrogens with two attached hydrogens (primary N) is 1. The van der Waals surface area contributed by atoms with Crippen LogP contribution in [0.3, 0.4) is 0 Å². The molecular formula is C18H30Cl2N4O. The van der Waals surface area contributed by atoms with Crippen molar-refractivity contribution >= 4 is 41.8 Å². The van der Waals surface area contributed by atoms with E-state index in [2.05, 4.69) is 29.1 Å². The number of amides is 1. The predicted octanol–water partition coefficient (Wildman–Crippen LogP) is 3.53. The molecule has 1 atom stereocenters. The third-order valence-corrected chi connectivity index (χ3v) is 4.10. The molecule has 142 valence electrons. The molecule has 1 aromatic carbocycles. The Balaban J connectivity index is 0.00000288. The van der Waals surface area contributed by atoms with Gasteiger partial charge in [0.05, 0.1) is 11.0 Å². The minimum atomic E-state index is -0.338. The summed E-state index contributed by atoms with van der Waals surface area (Å²) >= 11 is 0. The van der Waals surface area contributed by atoms with Gasteiger partial charge in [-0.05, 0) is 37.8 Å². The minimum Gasteiger partial charge on any atom is -0.350 e. The lowest BCUT2D eigenvalue weighted by atomic mass is 9.90. The summed E-state index contributed by atoms with van der Waals surface area (Å²) in [6, 6.07) is 6.05. The van der Waals surface area contributed by atoms with Gasteiger partial charge in [-0.15, -0.1) is 24.8 Å². The highest BCUT2D eigenvalue weighted by Gasteiger charge is 2.25. The molecule has 0 fully saturated rings. The van der Waals surface area contributed by atoms with E-state index in [0.29, 0.717) is 25.3 Å². The summed E-state index contributed by atoms with van der Waals surface area (Å²) in [6.45, 7) is 8.77. The summed E-state index contributed by atoms with van der Waals surface area (Å²) in [7, 11) is 0. The summed E-state index contributed by atoms with van der Waals surface area (Å²) in [6.07, 6.45) is 1.88. The van der Waals surface area contributed by atoms with Crippen LogP contribution in [0.5, 0.6) is 0 Å². The Morgan fingerprint density at radius 3 is 2.60 bits per heavy atom. The molecule has 1 heterocycles. The first-order chi connectivity index (χ1) is 10.8. The van der Waals surface area contributed by atoms with Gasteiger partial charge < -0.3 is 16.0 Å². The summed E-state index contributed by atoms with van der Waals surface area (Å²) in [5.41, 5.74) is 8.65. The maximum absolute atomic E-state index is 12.2. The number of aromatic amines is 1. The van der Waals surface area contributed by atoms with Crippen molar-refractivity contribution in [3.63, 3.8) is 0 Å². The number of para-hydroxylation sites is 1. The van der Waals surface area contributed by atoms with Gasteiger partial charge in [0.15, 0.2) is 0 Å². The summed E-state index contributed by atoms with van der Waals surface area (Å²) in [5, 5.41) is 3.08. The number of benzene rings is 1. The second kappa shape index (κ2) is 10.00. The molecule has 0 aliphatic heterocycles. The number of H-pyrrole nitrogens is 1. The number of hydrogen-bond donors (Lipinski definition) is 3. The maximum atomic E-state index is 12.2. The first-order valence-corrected chi connectivity index (χ1v) is 8.28. The Hall–Kier alpha value is -1.30. The highest BCUT2D eigenvalue weighted by atomic mass is 35.5. The van der Waals surface area contributed by atoms with E-state index in [1.54, 1.807) is 0 Å². The van der Waals surface area contributed by atoms with Crippen LogP contribution in [0.4, 0.5) is 0 Å². The van der Waals surface area contributed by atoms with E-state index >= 15 is 0 Å². The van der Waals surface area contributed by atoms with Crippen LogP contribution < -0.4 is 11.1 Å². The molecule has 7 heteroatoms. The Morgan fingerprint density at radius 1 is 1.36 bits per heavy atom. The van der Waals surface area contributed by atoms with E-state index in [1.807, 2.05) is 32.0 Å². The Morgan fingerprint density at radius 2 is 2.04 bits per heavy atom. The second-order valence-corrected chi connectivity index (χ2v) is 7.07. The van der Waals surface area contributed by atoms with Crippen molar-refractivity contribution in [3.05, 3.63) is 29.6 Å². The van der Waals surface area contributed by atoms with Gasteiger partial charge in [0.25, 0.3) is 0 Å². The van der Waals surface area contributed by atoms with E-state index in [-0.39, 0.29) is 36.3 Å². The number of aryl methyl sites for hydroxylation is 2. The van der Waals surface area contributed by atoms with Crippen LogP contribution in [0.1, 0.15) is 45.0 Å². The van der Waals surface area contributed by atoms with Crippen molar-refractivity contribution < 1.29 is 4.79 Å². The molecule has 0 aliphatic rings. The fourth-order valence-corrected chi connectivity index (χ4v) is 3.06. The summed E-state index contributed by atoms with van der Waals surface area (Å²) < 4.78 is 0. The molecule has 5 nitrogen and oxygen atoms in total. The van der Waals surface area contributed by atoms with Crippen molar-refractivity contribution in [2.24, 2.45) is 11.7 Å². The first kappa shape index (κ1) is 23.7. The van der Waals surface area contributed by atoms with Crippen LogP contribution in [0, 0.1) is 12.8 Å². The minimum absolute atomic E-state index is 0. The number of nitrogens with zero attached hydrogens (tertiary/aromatic N) is 1. The van der Waals surface area contributed by atoms with Gasteiger partial charge in [-0.2, -0.15) is 0 Å². The van der Waals surface area contributed by atoms with E-state index in [4.69, 9.17) is 5.73 Å². The molecule has 0 spiro atoms. The van der Waals surface area contributed by atoms with Crippen LogP contribution in [-0.2, 0) is 11.2 Å². The topological polar surface area (TPSA) is 83.8 Å². The highest BCUT2D eigenvalue weighted by molar-refractivity contribution is 5.85. The Labute approximate surface area is 162 Å². The number of nitrogens with one attached hydrogen (secondary N) is 2. The largest absolute Gasteiger partial charge is 0.350 e. The molecule has 0 radical (unpaired) electrons. The quantitative estimate of drug-likeness (QED) is 0.677. The van der Waals surface area contributed by atoms with Crippen LogP contribution >= 0.6 is 24.8 Å². The third kappa shape index (κ3) is 6.49. The fourth-order valence-electron chi connectivity index (χ4n) is 3.06. The van der Waals surface area contributed by atoms with Gasteiger partial charge >= 0.3 is 0 Å². The number of rotatable bonds is 7. The van der Waals surface area contributed by atoms with Gasteiger partial charge in [0, 0.05) is 24.9 Å². The smallest absolute Gasteiger partial charge is 0.220 e. The first-order valence-electron chi connectivity index (χ1n) is 8.28. The number of hydrogen-bond acceptors (Lipinski definition) is 3. The maximum Gasteiger partial charge on any atom is 0.220 e. The predicted molar refractivity (Wildman–Crippen MR) is 109 cm³/mol. The van der Waals surface area contributed by atoms with Crippen molar-refractivity contribution in [2.75, 3.05) is 6.54 Å². The Kier molecular flexibility index (Phi) is 9.48. The molecule has 1 unspecified atom stereocenters. The molecule has 1 aromatic heterocycles. The normalized spacial score (nSPS) is 13.0. The molecular weight excluding hydrogens is 359 g/mol. The number of halogens is 2. The van der Waals surface area contributed by atoms with Gasteiger partial charge in [-0.1, -0.05) is 26.0 Å². The Bertz CT molecular complexity index is 687.